The van der Waals surface area contributed by atoms with Crippen molar-refractivity contribution >= 4 is 53.3 Å². The third-order valence-electron chi connectivity index (χ3n) is 4.61. The number of hydrogen-bond donors (Lipinski definition) is 0. The first-order valence-corrected chi connectivity index (χ1v) is 21.2. The molecule has 0 saturated heterocycles. The molecule has 0 spiro atoms. The zero-order valence-corrected chi connectivity index (χ0v) is 20.0. The molecule has 0 saturated carbocycles. The van der Waals surface area contributed by atoms with Crippen LogP contribution in [0.4, 0.5) is 0 Å². The maximum atomic E-state index is 2.53. The summed E-state index contributed by atoms with van der Waals surface area (Å²) in [5, 5.41) is 2.42. The fraction of sp³-hybridized carbons (Fsp3) is 0.700. The number of rotatable bonds is 11. The summed E-state index contributed by atoms with van der Waals surface area (Å²) in [4.78, 5) is 7.60. The molecular formula is C20H34S2Sn. The van der Waals surface area contributed by atoms with Crippen molar-refractivity contribution in [1.29, 1.82) is 0 Å². The second-order valence-electron chi connectivity index (χ2n) is 7.89. The summed E-state index contributed by atoms with van der Waals surface area (Å²) >= 11 is 2.22. The SMILES string of the molecule is CCCCCCCCCCCc1csc2c[c]([Sn]([CH3])([CH3])[CH3])sc12. The molecule has 0 fully saturated rings. The van der Waals surface area contributed by atoms with Gasteiger partial charge in [-0.15, -0.1) is 0 Å². The van der Waals surface area contributed by atoms with Gasteiger partial charge in [0, 0.05) is 0 Å². The molecule has 0 aliphatic heterocycles. The molecule has 0 atom stereocenters. The molecule has 2 aromatic rings. The van der Waals surface area contributed by atoms with E-state index >= 15 is 0 Å². The Hall–Kier alpha value is 0.459. The zero-order chi connectivity index (χ0) is 16.7. The van der Waals surface area contributed by atoms with Gasteiger partial charge in [0.2, 0.25) is 0 Å². The van der Waals surface area contributed by atoms with Gasteiger partial charge >= 0.3 is 137 Å². The van der Waals surface area contributed by atoms with Gasteiger partial charge in [0.25, 0.3) is 0 Å². The molecule has 2 aromatic heterocycles. The second kappa shape index (κ2) is 9.82. The van der Waals surface area contributed by atoms with E-state index in [1.165, 1.54) is 64.2 Å². The van der Waals surface area contributed by atoms with E-state index in [9.17, 15) is 0 Å². The number of aryl methyl sites for hydroxylation is 1. The van der Waals surface area contributed by atoms with E-state index in [0.717, 1.165) is 0 Å². The summed E-state index contributed by atoms with van der Waals surface area (Å²) in [6.45, 7) is 2.29. The Labute approximate surface area is 155 Å². The number of thiophene rings is 2. The van der Waals surface area contributed by atoms with E-state index in [4.69, 9.17) is 0 Å². The van der Waals surface area contributed by atoms with Crippen molar-refractivity contribution in [1.82, 2.24) is 0 Å². The molecule has 0 N–H and O–H groups in total. The minimum atomic E-state index is -1.87. The molecule has 0 radical (unpaired) electrons. The van der Waals surface area contributed by atoms with Crippen molar-refractivity contribution in [3.05, 3.63) is 17.0 Å². The number of unbranched alkanes of at least 4 members (excludes halogenated alkanes) is 8. The normalized spacial score (nSPS) is 12.3. The fourth-order valence-corrected chi connectivity index (χ4v) is 11.0. The Balaban J connectivity index is 1.70. The van der Waals surface area contributed by atoms with E-state index in [0.29, 0.717) is 0 Å². The molecule has 0 amide bonds. The molecule has 2 heterocycles. The molecule has 0 aliphatic carbocycles. The van der Waals surface area contributed by atoms with Crippen LogP contribution < -0.4 is 2.89 Å². The molecule has 2 rings (SSSR count). The van der Waals surface area contributed by atoms with Crippen molar-refractivity contribution in [2.75, 3.05) is 0 Å². The molecule has 0 aliphatic rings. The van der Waals surface area contributed by atoms with Crippen LogP contribution in [0.1, 0.15) is 70.3 Å². The third kappa shape index (κ3) is 6.36. The summed E-state index contributed by atoms with van der Waals surface area (Å²) in [6.07, 6.45) is 14.1. The monoisotopic (exact) mass is 458 g/mol. The van der Waals surface area contributed by atoms with Gasteiger partial charge in [-0.1, -0.05) is 19.8 Å². The van der Waals surface area contributed by atoms with Crippen LogP contribution in [0.15, 0.2) is 11.4 Å². The van der Waals surface area contributed by atoms with E-state index in [1.807, 2.05) is 11.3 Å². The van der Waals surface area contributed by atoms with Gasteiger partial charge in [-0.05, 0) is 0 Å². The van der Waals surface area contributed by atoms with Gasteiger partial charge in [0.05, 0.1) is 0 Å². The van der Waals surface area contributed by atoms with Crippen LogP contribution in [0, 0.1) is 0 Å². The van der Waals surface area contributed by atoms with Crippen molar-refractivity contribution < 1.29 is 0 Å². The average molecular weight is 457 g/mol. The van der Waals surface area contributed by atoms with Gasteiger partial charge in [0.1, 0.15) is 0 Å². The van der Waals surface area contributed by atoms with Crippen LogP contribution in [-0.2, 0) is 6.42 Å². The maximum absolute atomic E-state index is 2.53. The Morgan fingerprint density at radius 2 is 1.48 bits per heavy atom. The summed E-state index contributed by atoms with van der Waals surface area (Å²) in [5.74, 6) is 0. The van der Waals surface area contributed by atoms with Crippen LogP contribution in [0.25, 0.3) is 9.40 Å². The van der Waals surface area contributed by atoms with Gasteiger partial charge in [-0.3, -0.25) is 0 Å². The van der Waals surface area contributed by atoms with Crippen molar-refractivity contribution in [3.63, 3.8) is 0 Å². The quantitative estimate of drug-likeness (QED) is 0.241. The summed E-state index contributed by atoms with van der Waals surface area (Å²) in [6, 6.07) is 2.51. The summed E-state index contributed by atoms with van der Waals surface area (Å²) in [7, 11) is 0. The van der Waals surface area contributed by atoms with Gasteiger partial charge in [0.15, 0.2) is 0 Å². The molecule has 0 unspecified atom stereocenters. The van der Waals surface area contributed by atoms with E-state index in [-0.39, 0.29) is 0 Å². The molecule has 3 heteroatoms. The predicted octanol–water partition coefficient (Wildman–Crippen LogP) is 7.58. The van der Waals surface area contributed by atoms with E-state index in [1.54, 1.807) is 17.9 Å². The number of hydrogen-bond acceptors (Lipinski definition) is 2. The zero-order valence-electron chi connectivity index (χ0n) is 15.5. The molecule has 0 nitrogen and oxygen atoms in total. The first kappa shape index (κ1) is 19.8. The first-order chi connectivity index (χ1) is 11.0. The van der Waals surface area contributed by atoms with E-state index < -0.39 is 18.4 Å². The summed E-state index contributed by atoms with van der Waals surface area (Å²) < 4.78 is 4.92. The third-order valence-corrected chi connectivity index (χ3v) is 16.4. The fourth-order valence-electron chi connectivity index (χ4n) is 3.04. The standard InChI is InChI=1S/C17H25S2.3CH3.Sn/c1-2-3-4-5-6-7-8-9-10-11-15-14-19-16-12-13-18-17(15)16;;;;/h12,14H,2-11H2,1H3;3*1H3;. The van der Waals surface area contributed by atoms with Gasteiger partial charge in [-0.2, -0.15) is 0 Å². The van der Waals surface area contributed by atoms with Crippen LogP contribution in [-0.4, -0.2) is 18.4 Å². The Morgan fingerprint density at radius 1 is 0.870 bits per heavy atom. The molecular weight excluding hydrogens is 423 g/mol. The molecule has 0 aromatic carbocycles. The Kier molecular flexibility index (Phi) is 8.44. The second-order valence-corrected chi connectivity index (χ2v) is 25.3. The van der Waals surface area contributed by atoms with Crippen molar-refractivity contribution in [2.45, 2.75) is 86.0 Å². The van der Waals surface area contributed by atoms with Gasteiger partial charge in [-0.25, -0.2) is 0 Å². The average Bonchev–Trinajstić information content (AvgIpc) is 3.06. The molecule has 0 bridgehead atoms. The van der Waals surface area contributed by atoms with Crippen LogP contribution >= 0.6 is 22.7 Å². The van der Waals surface area contributed by atoms with Crippen molar-refractivity contribution in [3.8, 4) is 0 Å². The predicted molar refractivity (Wildman–Crippen MR) is 114 cm³/mol. The van der Waals surface area contributed by atoms with Crippen molar-refractivity contribution in [2.24, 2.45) is 0 Å². The minimum absolute atomic E-state index is 1.30. The Bertz CT molecular complexity index is 574. The van der Waals surface area contributed by atoms with Crippen LogP contribution in [0.5, 0.6) is 0 Å². The molecule has 130 valence electrons. The van der Waals surface area contributed by atoms with Crippen LogP contribution in [0.2, 0.25) is 14.8 Å². The van der Waals surface area contributed by atoms with Gasteiger partial charge < -0.3 is 0 Å². The Morgan fingerprint density at radius 3 is 2.09 bits per heavy atom. The van der Waals surface area contributed by atoms with Crippen LogP contribution in [0.3, 0.4) is 0 Å². The topological polar surface area (TPSA) is 0 Å². The first-order valence-electron chi connectivity index (χ1n) is 9.52. The molecule has 23 heavy (non-hydrogen) atoms. The van der Waals surface area contributed by atoms with E-state index in [2.05, 4.69) is 44.5 Å². The summed E-state index contributed by atoms with van der Waals surface area (Å²) in [5.41, 5.74) is 1.64. The number of fused-ring (bicyclic) bond motifs is 1.